The van der Waals surface area contributed by atoms with Crippen LogP contribution in [-0.4, -0.2) is 36.6 Å². The van der Waals surface area contributed by atoms with Crippen LogP contribution in [-0.2, 0) is 4.79 Å². The molecule has 0 spiro atoms. The van der Waals surface area contributed by atoms with Crippen LogP contribution < -0.4 is 15.5 Å². The van der Waals surface area contributed by atoms with Gasteiger partial charge in [-0.3, -0.25) is 9.78 Å². The minimum Gasteiger partial charge on any atom is -0.354 e. The van der Waals surface area contributed by atoms with E-state index in [1.54, 1.807) is 6.20 Å². The minimum atomic E-state index is -0.0875. The highest BCUT2D eigenvalue weighted by Gasteiger charge is 2.34. The lowest BCUT2D eigenvalue weighted by Gasteiger charge is -2.40. The van der Waals surface area contributed by atoms with Crippen LogP contribution in [0.1, 0.15) is 0 Å². The molecule has 5 nitrogen and oxygen atoms in total. The van der Waals surface area contributed by atoms with Crippen LogP contribution in [0.15, 0.2) is 18.5 Å². The molecule has 0 aromatic carbocycles. The maximum atomic E-state index is 11.8. The van der Waals surface area contributed by atoms with E-state index in [1.165, 1.54) is 0 Å². The lowest BCUT2D eigenvalue weighted by Crippen LogP contribution is -2.58. The molecule has 15 heavy (non-hydrogen) atoms. The van der Waals surface area contributed by atoms with Crippen LogP contribution in [0.25, 0.3) is 0 Å². The highest BCUT2D eigenvalue weighted by atomic mass is 16.2. The van der Waals surface area contributed by atoms with E-state index in [9.17, 15) is 4.79 Å². The van der Waals surface area contributed by atoms with E-state index in [-0.39, 0.29) is 11.9 Å². The third-order valence-corrected chi connectivity index (χ3v) is 2.91. The van der Waals surface area contributed by atoms with Crippen LogP contribution in [0.2, 0.25) is 0 Å². The van der Waals surface area contributed by atoms with Gasteiger partial charge < -0.3 is 15.5 Å². The van der Waals surface area contributed by atoms with Crippen molar-refractivity contribution in [1.82, 2.24) is 10.3 Å². The number of piperazine rings is 1. The summed E-state index contributed by atoms with van der Waals surface area (Å²) in [6.07, 6.45) is 3.51. The van der Waals surface area contributed by atoms with Crippen molar-refractivity contribution in [2.75, 3.05) is 29.9 Å². The van der Waals surface area contributed by atoms with E-state index in [2.05, 4.69) is 20.5 Å². The molecule has 1 fully saturated rings. The van der Waals surface area contributed by atoms with E-state index < -0.39 is 0 Å². The summed E-state index contributed by atoms with van der Waals surface area (Å²) in [5.74, 6) is 0.0703. The fraction of sp³-hybridized carbons (Fsp3) is 0.400. The maximum Gasteiger partial charge on any atom is 0.248 e. The molecule has 5 heteroatoms. The first-order valence-corrected chi connectivity index (χ1v) is 5.08. The van der Waals surface area contributed by atoms with Gasteiger partial charge >= 0.3 is 0 Å². The van der Waals surface area contributed by atoms with Crippen LogP contribution >= 0.6 is 0 Å². The predicted molar refractivity (Wildman–Crippen MR) is 56.9 cm³/mol. The fourth-order valence-electron chi connectivity index (χ4n) is 2.16. The van der Waals surface area contributed by atoms with Gasteiger partial charge in [-0.1, -0.05) is 0 Å². The zero-order valence-corrected chi connectivity index (χ0v) is 8.23. The number of nitrogens with zero attached hydrogens (tertiary/aromatic N) is 2. The highest BCUT2D eigenvalue weighted by Crippen LogP contribution is 2.30. The second kappa shape index (κ2) is 3.20. The number of hydrogen-bond acceptors (Lipinski definition) is 4. The van der Waals surface area contributed by atoms with Crippen molar-refractivity contribution in [3.63, 3.8) is 0 Å². The maximum absolute atomic E-state index is 11.8. The van der Waals surface area contributed by atoms with Crippen LogP contribution in [0.3, 0.4) is 0 Å². The lowest BCUT2D eigenvalue weighted by molar-refractivity contribution is -0.117. The number of rotatable bonds is 0. The van der Waals surface area contributed by atoms with Crippen molar-refractivity contribution in [2.24, 2.45) is 0 Å². The number of anilines is 2. The summed E-state index contributed by atoms with van der Waals surface area (Å²) in [4.78, 5) is 18.0. The molecule has 78 valence electrons. The SMILES string of the molecule is O=C1Nc2ccncc2N2CCNCC12. The summed E-state index contributed by atoms with van der Waals surface area (Å²) < 4.78 is 0. The highest BCUT2D eigenvalue weighted by molar-refractivity contribution is 6.03. The average Bonchev–Trinajstić information content (AvgIpc) is 2.30. The van der Waals surface area contributed by atoms with Gasteiger partial charge in [0.25, 0.3) is 0 Å². The van der Waals surface area contributed by atoms with Crippen molar-refractivity contribution >= 4 is 17.3 Å². The van der Waals surface area contributed by atoms with Crippen molar-refractivity contribution < 1.29 is 4.79 Å². The lowest BCUT2D eigenvalue weighted by atomic mass is 10.1. The van der Waals surface area contributed by atoms with Crippen molar-refractivity contribution in [3.05, 3.63) is 18.5 Å². The number of hydrogen-bond donors (Lipinski definition) is 2. The molecule has 2 N–H and O–H groups in total. The van der Waals surface area contributed by atoms with Crippen LogP contribution in [0, 0.1) is 0 Å². The molecule has 0 bridgehead atoms. The summed E-state index contributed by atoms with van der Waals surface area (Å²) in [7, 11) is 0. The topological polar surface area (TPSA) is 57.3 Å². The summed E-state index contributed by atoms with van der Waals surface area (Å²) in [6.45, 7) is 2.48. The summed E-state index contributed by atoms with van der Waals surface area (Å²) in [5, 5.41) is 6.12. The molecule has 3 heterocycles. The Labute approximate surface area is 87.5 Å². The molecule has 2 aliphatic rings. The molecule has 1 amide bonds. The molecule has 0 aliphatic carbocycles. The number of amides is 1. The van der Waals surface area contributed by atoms with E-state index in [1.807, 2.05) is 12.3 Å². The van der Waals surface area contributed by atoms with Crippen molar-refractivity contribution in [2.45, 2.75) is 6.04 Å². The van der Waals surface area contributed by atoms with Gasteiger partial charge in [-0.05, 0) is 6.07 Å². The van der Waals surface area contributed by atoms with Gasteiger partial charge in [0, 0.05) is 25.8 Å². The Morgan fingerprint density at radius 1 is 1.53 bits per heavy atom. The molecule has 3 rings (SSSR count). The van der Waals surface area contributed by atoms with E-state index in [0.29, 0.717) is 6.54 Å². The van der Waals surface area contributed by atoms with Crippen LogP contribution in [0.5, 0.6) is 0 Å². The molecule has 2 aliphatic heterocycles. The first-order valence-electron chi connectivity index (χ1n) is 5.08. The molecular formula is C10H12N4O. The van der Waals surface area contributed by atoms with Gasteiger partial charge in [0.2, 0.25) is 5.91 Å². The Kier molecular flexibility index (Phi) is 1.85. The van der Waals surface area contributed by atoms with E-state index in [4.69, 9.17) is 0 Å². The largest absolute Gasteiger partial charge is 0.354 e. The van der Waals surface area contributed by atoms with Gasteiger partial charge in [0.15, 0.2) is 0 Å². The zero-order valence-electron chi connectivity index (χ0n) is 8.23. The molecule has 1 saturated heterocycles. The fourth-order valence-corrected chi connectivity index (χ4v) is 2.16. The second-order valence-electron chi connectivity index (χ2n) is 3.80. The molecule has 1 unspecified atom stereocenters. The standard InChI is InChI=1S/C10H12N4O/c15-10-9-6-12-3-4-14(9)8-5-11-2-1-7(8)13-10/h1-2,5,9,12H,3-4,6H2,(H,13,15). The minimum absolute atomic E-state index is 0.0703. The van der Waals surface area contributed by atoms with Gasteiger partial charge in [0.05, 0.1) is 17.6 Å². The molecule has 0 saturated carbocycles. The number of carbonyl (C=O) groups excluding carboxylic acids is 1. The van der Waals surface area contributed by atoms with Crippen molar-refractivity contribution in [3.8, 4) is 0 Å². The monoisotopic (exact) mass is 204 g/mol. The van der Waals surface area contributed by atoms with Crippen LogP contribution in [0.4, 0.5) is 11.4 Å². The number of aromatic nitrogens is 1. The Morgan fingerprint density at radius 2 is 2.47 bits per heavy atom. The number of fused-ring (bicyclic) bond motifs is 3. The third kappa shape index (κ3) is 1.27. The number of pyridine rings is 1. The quantitative estimate of drug-likeness (QED) is 0.615. The molecule has 1 aromatic heterocycles. The second-order valence-corrected chi connectivity index (χ2v) is 3.80. The summed E-state index contributed by atoms with van der Waals surface area (Å²) >= 11 is 0. The predicted octanol–water partition coefficient (Wildman–Crippen LogP) is -0.188. The first kappa shape index (κ1) is 8.67. The summed E-state index contributed by atoms with van der Waals surface area (Å²) in [6, 6.07) is 1.75. The zero-order chi connectivity index (χ0) is 10.3. The molecule has 0 radical (unpaired) electrons. The van der Waals surface area contributed by atoms with Gasteiger partial charge in [-0.2, -0.15) is 0 Å². The smallest absolute Gasteiger partial charge is 0.248 e. The van der Waals surface area contributed by atoms with Crippen molar-refractivity contribution in [1.29, 1.82) is 0 Å². The Morgan fingerprint density at radius 3 is 3.40 bits per heavy atom. The first-order chi connectivity index (χ1) is 7.36. The average molecular weight is 204 g/mol. The third-order valence-electron chi connectivity index (χ3n) is 2.91. The van der Waals surface area contributed by atoms with Gasteiger partial charge in [-0.25, -0.2) is 0 Å². The Hall–Kier alpha value is -1.62. The molecular weight excluding hydrogens is 192 g/mol. The Bertz CT molecular complexity index is 406. The number of carbonyl (C=O) groups is 1. The summed E-state index contributed by atoms with van der Waals surface area (Å²) in [5.41, 5.74) is 1.90. The number of nitrogens with one attached hydrogen (secondary N) is 2. The van der Waals surface area contributed by atoms with Gasteiger partial charge in [0.1, 0.15) is 6.04 Å². The normalized spacial score (nSPS) is 24.1. The molecule has 1 aromatic rings. The van der Waals surface area contributed by atoms with E-state index in [0.717, 1.165) is 24.5 Å². The molecule has 1 atom stereocenters. The van der Waals surface area contributed by atoms with Gasteiger partial charge in [-0.15, -0.1) is 0 Å². The van der Waals surface area contributed by atoms with E-state index >= 15 is 0 Å². The Balaban J connectivity index is 2.06.